The predicted molar refractivity (Wildman–Crippen MR) is 52.9 cm³/mol. The van der Waals surface area contributed by atoms with Gasteiger partial charge in [-0.1, -0.05) is 0 Å². The Labute approximate surface area is 85.7 Å². The summed E-state index contributed by atoms with van der Waals surface area (Å²) in [6.07, 6.45) is 3.07. The van der Waals surface area contributed by atoms with Crippen LogP contribution in [0.15, 0.2) is 0 Å². The van der Waals surface area contributed by atoms with E-state index < -0.39 is 5.97 Å². The van der Waals surface area contributed by atoms with Crippen molar-refractivity contribution >= 4 is 0 Å². The zero-order valence-corrected chi connectivity index (χ0v) is 9.55. The molecule has 0 saturated carbocycles. The van der Waals surface area contributed by atoms with Gasteiger partial charge >= 0.3 is 0 Å². The molecular weight excluding hydrogens is 180 g/mol. The first-order valence-electron chi connectivity index (χ1n) is 5.41. The molecule has 3 nitrogen and oxygen atoms in total. The van der Waals surface area contributed by atoms with Crippen molar-refractivity contribution in [2.24, 2.45) is 0 Å². The third-order valence-corrected chi connectivity index (χ3v) is 3.47. The van der Waals surface area contributed by atoms with Gasteiger partial charge in [-0.25, -0.2) is 0 Å². The molecule has 2 aliphatic rings. The molecule has 2 aliphatic heterocycles. The van der Waals surface area contributed by atoms with Gasteiger partial charge in [-0.15, -0.1) is 0 Å². The van der Waals surface area contributed by atoms with Crippen LogP contribution in [0, 0.1) is 0 Å². The van der Waals surface area contributed by atoms with E-state index in [2.05, 4.69) is 27.7 Å². The Morgan fingerprint density at radius 2 is 1.43 bits per heavy atom. The molecule has 0 bridgehead atoms. The van der Waals surface area contributed by atoms with Crippen LogP contribution in [0.25, 0.3) is 0 Å². The van der Waals surface area contributed by atoms with Crippen LogP contribution in [0.4, 0.5) is 0 Å². The molecule has 0 aromatic carbocycles. The summed E-state index contributed by atoms with van der Waals surface area (Å²) in [5.41, 5.74) is -0.575. The van der Waals surface area contributed by atoms with Crippen LogP contribution in [0.3, 0.4) is 0 Å². The van der Waals surface area contributed by atoms with E-state index in [0.717, 1.165) is 25.9 Å². The Bertz CT molecular complexity index is 209. The zero-order valence-electron chi connectivity index (χ0n) is 9.55. The topological polar surface area (TPSA) is 27.7 Å². The van der Waals surface area contributed by atoms with Crippen LogP contribution in [-0.4, -0.2) is 23.8 Å². The minimum Gasteiger partial charge on any atom is -0.327 e. The number of ether oxygens (including phenoxy) is 3. The molecule has 82 valence electrons. The molecule has 0 radical (unpaired) electrons. The van der Waals surface area contributed by atoms with Crippen molar-refractivity contribution in [2.45, 2.75) is 64.1 Å². The van der Waals surface area contributed by atoms with Crippen LogP contribution >= 0.6 is 0 Å². The molecule has 0 aromatic rings. The number of hydrogen-bond acceptors (Lipinski definition) is 3. The quantitative estimate of drug-likeness (QED) is 0.601. The van der Waals surface area contributed by atoms with Crippen molar-refractivity contribution < 1.29 is 14.2 Å². The summed E-state index contributed by atoms with van der Waals surface area (Å²) in [7, 11) is 0. The maximum Gasteiger partial charge on any atom is 0.284 e. The lowest BCUT2D eigenvalue weighted by Gasteiger charge is -2.32. The summed E-state index contributed by atoms with van der Waals surface area (Å²) < 4.78 is 17.5. The highest BCUT2D eigenvalue weighted by Crippen LogP contribution is 2.47. The SMILES string of the molecule is CC1(C)OC2(CCCCO2)OC1(C)C. The van der Waals surface area contributed by atoms with Crippen molar-refractivity contribution in [3.05, 3.63) is 0 Å². The molecule has 2 rings (SSSR count). The third-order valence-electron chi connectivity index (χ3n) is 3.47. The van der Waals surface area contributed by atoms with Crippen molar-refractivity contribution in [3.8, 4) is 0 Å². The fourth-order valence-electron chi connectivity index (χ4n) is 1.95. The van der Waals surface area contributed by atoms with Crippen LogP contribution < -0.4 is 0 Å². The normalized spacial score (nSPS) is 33.4. The maximum atomic E-state index is 5.95. The van der Waals surface area contributed by atoms with Gasteiger partial charge in [0, 0.05) is 6.42 Å². The first-order valence-corrected chi connectivity index (χ1v) is 5.41. The van der Waals surface area contributed by atoms with Gasteiger partial charge < -0.3 is 14.2 Å². The van der Waals surface area contributed by atoms with Gasteiger partial charge in [-0.2, -0.15) is 0 Å². The van der Waals surface area contributed by atoms with E-state index in [9.17, 15) is 0 Å². The molecule has 0 amide bonds. The van der Waals surface area contributed by atoms with E-state index in [1.165, 1.54) is 0 Å². The molecule has 2 heterocycles. The molecule has 2 fully saturated rings. The maximum absolute atomic E-state index is 5.95. The highest BCUT2D eigenvalue weighted by molar-refractivity contribution is 4.97. The molecule has 0 aromatic heterocycles. The molecule has 0 N–H and O–H groups in total. The summed E-state index contributed by atoms with van der Waals surface area (Å²) >= 11 is 0. The Morgan fingerprint density at radius 3 is 1.86 bits per heavy atom. The van der Waals surface area contributed by atoms with Gasteiger partial charge in [0.15, 0.2) is 0 Å². The Balaban J connectivity index is 2.18. The first kappa shape index (κ1) is 10.4. The highest BCUT2D eigenvalue weighted by Gasteiger charge is 2.58. The van der Waals surface area contributed by atoms with E-state index >= 15 is 0 Å². The summed E-state index contributed by atoms with van der Waals surface area (Å²) in [6, 6.07) is 0. The molecule has 14 heavy (non-hydrogen) atoms. The second-order valence-corrected chi connectivity index (χ2v) is 5.21. The van der Waals surface area contributed by atoms with Crippen molar-refractivity contribution in [2.75, 3.05) is 6.61 Å². The average Bonchev–Trinajstić information content (AvgIpc) is 2.18. The third kappa shape index (κ3) is 1.47. The standard InChI is InChI=1S/C11H20O3/c1-9(2)10(3,4)14-11(13-9)7-5-6-8-12-11/h5-8H2,1-4H3. The summed E-state index contributed by atoms with van der Waals surface area (Å²) in [6.45, 7) is 8.96. The fourth-order valence-corrected chi connectivity index (χ4v) is 1.95. The Kier molecular flexibility index (Phi) is 2.18. The predicted octanol–water partition coefficient (Wildman–Crippen LogP) is 2.44. The van der Waals surface area contributed by atoms with Crippen molar-refractivity contribution in [3.63, 3.8) is 0 Å². The lowest BCUT2D eigenvalue weighted by atomic mass is 9.90. The van der Waals surface area contributed by atoms with Gasteiger partial charge in [0.05, 0.1) is 17.8 Å². The summed E-state index contributed by atoms with van der Waals surface area (Å²) in [4.78, 5) is 0. The second kappa shape index (κ2) is 2.94. The van der Waals surface area contributed by atoms with Crippen molar-refractivity contribution in [1.82, 2.24) is 0 Å². The lowest BCUT2D eigenvalue weighted by molar-refractivity contribution is -0.364. The first-order chi connectivity index (χ1) is 6.37. The lowest BCUT2D eigenvalue weighted by Crippen LogP contribution is -2.41. The monoisotopic (exact) mass is 200 g/mol. The van der Waals surface area contributed by atoms with Gasteiger partial charge in [0.1, 0.15) is 0 Å². The molecule has 2 saturated heterocycles. The fraction of sp³-hybridized carbons (Fsp3) is 1.00. The van der Waals surface area contributed by atoms with Gasteiger partial charge in [0.25, 0.3) is 5.97 Å². The summed E-state index contributed by atoms with van der Waals surface area (Å²) in [5, 5.41) is 0. The van der Waals surface area contributed by atoms with Crippen molar-refractivity contribution in [1.29, 1.82) is 0 Å². The minimum absolute atomic E-state index is 0.287. The van der Waals surface area contributed by atoms with E-state index in [4.69, 9.17) is 14.2 Å². The number of rotatable bonds is 0. The van der Waals surface area contributed by atoms with E-state index in [-0.39, 0.29) is 11.2 Å². The van der Waals surface area contributed by atoms with Gasteiger partial charge in [-0.3, -0.25) is 0 Å². The Hall–Kier alpha value is -0.120. The molecule has 0 atom stereocenters. The van der Waals surface area contributed by atoms with Crippen LogP contribution in [0.5, 0.6) is 0 Å². The number of hydrogen-bond donors (Lipinski definition) is 0. The molecule has 0 aliphatic carbocycles. The molecule has 0 unspecified atom stereocenters. The molecular formula is C11H20O3. The van der Waals surface area contributed by atoms with E-state index in [1.54, 1.807) is 0 Å². The average molecular weight is 200 g/mol. The van der Waals surface area contributed by atoms with Crippen LogP contribution in [-0.2, 0) is 14.2 Å². The molecule has 3 heteroatoms. The molecule has 1 spiro atoms. The Morgan fingerprint density at radius 1 is 0.857 bits per heavy atom. The smallest absolute Gasteiger partial charge is 0.284 e. The van der Waals surface area contributed by atoms with Crippen LogP contribution in [0.1, 0.15) is 47.0 Å². The van der Waals surface area contributed by atoms with E-state index in [0.29, 0.717) is 0 Å². The largest absolute Gasteiger partial charge is 0.327 e. The summed E-state index contributed by atoms with van der Waals surface area (Å²) in [5.74, 6) is -0.759. The van der Waals surface area contributed by atoms with E-state index in [1.807, 2.05) is 0 Å². The highest BCUT2D eigenvalue weighted by atomic mass is 16.9. The zero-order chi connectivity index (χ0) is 10.4. The van der Waals surface area contributed by atoms with Gasteiger partial charge in [0.2, 0.25) is 0 Å². The van der Waals surface area contributed by atoms with Gasteiger partial charge in [-0.05, 0) is 40.5 Å². The van der Waals surface area contributed by atoms with Crippen LogP contribution in [0.2, 0.25) is 0 Å². The second-order valence-electron chi connectivity index (χ2n) is 5.21. The minimum atomic E-state index is -0.759.